The van der Waals surface area contributed by atoms with Gasteiger partial charge < -0.3 is 5.11 Å². The predicted molar refractivity (Wildman–Crippen MR) is 67.7 cm³/mol. The second kappa shape index (κ2) is 5.71. The summed E-state index contributed by atoms with van der Waals surface area (Å²) in [4.78, 5) is 15.1. The zero-order valence-electron chi connectivity index (χ0n) is 9.75. The molecule has 0 aliphatic rings. The van der Waals surface area contributed by atoms with Crippen LogP contribution in [0.25, 0.3) is 0 Å². The Morgan fingerprint density at radius 2 is 2.11 bits per heavy atom. The van der Waals surface area contributed by atoms with Crippen molar-refractivity contribution in [2.75, 3.05) is 0 Å². The van der Waals surface area contributed by atoms with Gasteiger partial charge in [-0.25, -0.2) is 9.18 Å². The first-order chi connectivity index (χ1) is 9.08. The van der Waals surface area contributed by atoms with Crippen LogP contribution in [0.3, 0.4) is 0 Å². The highest BCUT2D eigenvalue weighted by molar-refractivity contribution is 7.84. The summed E-state index contributed by atoms with van der Waals surface area (Å²) in [6.07, 6.45) is 1.58. The van der Waals surface area contributed by atoms with Gasteiger partial charge in [-0.1, -0.05) is 6.07 Å². The minimum Gasteiger partial charge on any atom is -0.478 e. The second-order valence-electron chi connectivity index (χ2n) is 3.76. The summed E-state index contributed by atoms with van der Waals surface area (Å²) < 4.78 is 25.3. The minimum atomic E-state index is -1.46. The fraction of sp³-hybridized carbons (Fsp3) is 0.0769. The maximum absolute atomic E-state index is 13.2. The van der Waals surface area contributed by atoms with Crippen molar-refractivity contribution in [2.24, 2.45) is 0 Å². The molecule has 1 atom stereocenters. The number of aromatic carboxylic acids is 1. The van der Waals surface area contributed by atoms with Gasteiger partial charge in [-0.2, -0.15) is 0 Å². The first kappa shape index (κ1) is 13.4. The lowest BCUT2D eigenvalue weighted by Crippen LogP contribution is -2.04. The highest BCUT2D eigenvalue weighted by Gasteiger charge is 2.14. The third-order valence-corrected chi connectivity index (χ3v) is 3.77. The molecule has 1 aromatic carbocycles. The second-order valence-corrected chi connectivity index (χ2v) is 5.21. The number of aromatic nitrogens is 1. The SMILES string of the molecule is O=C(O)c1cc(S(=O)Cc2ccccn2)ccc1F. The number of rotatable bonds is 4. The molecule has 0 aliphatic heterocycles. The number of nitrogens with zero attached hydrogens (tertiary/aromatic N) is 1. The van der Waals surface area contributed by atoms with Crippen molar-refractivity contribution < 1.29 is 18.5 Å². The van der Waals surface area contributed by atoms with Crippen LogP contribution in [-0.2, 0) is 16.6 Å². The minimum absolute atomic E-state index is 0.158. The highest BCUT2D eigenvalue weighted by Crippen LogP contribution is 2.16. The van der Waals surface area contributed by atoms with Crippen molar-refractivity contribution >= 4 is 16.8 Å². The van der Waals surface area contributed by atoms with Gasteiger partial charge in [-0.3, -0.25) is 9.19 Å². The van der Waals surface area contributed by atoms with Crippen molar-refractivity contribution in [3.8, 4) is 0 Å². The van der Waals surface area contributed by atoms with E-state index in [9.17, 15) is 13.4 Å². The van der Waals surface area contributed by atoms with Crippen LogP contribution < -0.4 is 0 Å². The molecule has 0 saturated carbocycles. The number of hydrogen-bond donors (Lipinski definition) is 1. The van der Waals surface area contributed by atoms with E-state index in [1.54, 1.807) is 24.4 Å². The average molecular weight is 279 g/mol. The van der Waals surface area contributed by atoms with Crippen molar-refractivity contribution in [3.63, 3.8) is 0 Å². The molecule has 0 fully saturated rings. The summed E-state index contributed by atoms with van der Waals surface area (Å²) in [5.41, 5.74) is 0.147. The molecule has 19 heavy (non-hydrogen) atoms. The Kier molecular flexibility index (Phi) is 4.01. The van der Waals surface area contributed by atoms with Gasteiger partial charge >= 0.3 is 5.97 Å². The molecule has 0 amide bonds. The van der Waals surface area contributed by atoms with Gasteiger partial charge in [0.1, 0.15) is 5.82 Å². The molecule has 0 aliphatic carbocycles. The zero-order chi connectivity index (χ0) is 13.8. The smallest absolute Gasteiger partial charge is 0.338 e. The molecule has 4 nitrogen and oxygen atoms in total. The summed E-state index contributed by atoms with van der Waals surface area (Å²) in [6, 6.07) is 8.66. The number of carboxylic acids is 1. The van der Waals surface area contributed by atoms with Gasteiger partial charge in [0.15, 0.2) is 0 Å². The summed E-state index contributed by atoms with van der Waals surface area (Å²) in [6.45, 7) is 0. The molecular weight excluding hydrogens is 269 g/mol. The number of carbonyl (C=O) groups is 1. The van der Waals surface area contributed by atoms with Gasteiger partial charge in [0.05, 0.1) is 27.8 Å². The van der Waals surface area contributed by atoms with E-state index in [4.69, 9.17) is 5.11 Å². The van der Waals surface area contributed by atoms with Gasteiger partial charge in [-0.15, -0.1) is 0 Å². The molecule has 6 heteroatoms. The van der Waals surface area contributed by atoms with Gasteiger partial charge in [0.25, 0.3) is 0 Å². The third-order valence-electron chi connectivity index (χ3n) is 2.44. The molecule has 0 bridgehead atoms. The van der Waals surface area contributed by atoms with Crippen LogP contribution in [0, 0.1) is 5.82 Å². The van der Waals surface area contributed by atoms with Crippen molar-refractivity contribution in [3.05, 3.63) is 59.7 Å². The number of hydrogen-bond acceptors (Lipinski definition) is 3. The van der Waals surface area contributed by atoms with Crippen molar-refractivity contribution in [2.45, 2.75) is 10.6 Å². The Balaban J connectivity index is 2.25. The lowest BCUT2D eigenvalue weighted by molar-refractivity contribution is 0.0691. The summed E-state index contributed by atoms with van der Waals surface area (Å²) in [5, 5.41) is 8.81. The van der Waals surface area contributed by atoms with Gasteiger partial charge in [0.2, 0.25) is 0 Å². The van der Waals surface area contributed by atoms with Crippen LogP contribution in [0.4, 0.5) is 4.39 Å². The Morgan fingerprint density at radius 3 is 2.74 bits per heavy atom. The van der Waals surface area contributed by atoms with E-state index in [1.807, 2.05) is 0 Å². The lowest BCUT2D eigenvalue weighted by Gasteiger charge is -2.04. The van der Waals surface area contributed by atoms with Crippen LogP contribution in [0.1, 0.15) is 16.1 Å². The molecule has 2 aromatic rings. The monoisotopic (exact) mass is 279 g/mol. The third kappa shape index (κ3) is 3.23. The molecule has 1 aromatic heterocycles. The normalized spacial score (nSPS) is 12.1. The molecular formula is C13H10FNO3S. The topological polar surface area (TPSA) is 67.3 Å². The number of pyridine rings is 1. The predicted octanol–water partition coefficient (Wildman–Crippen LogP) is 2.23. The number of benzene rings is 1. The van der Waals surface area contributed by atoms with E-state index in [2.05, 4.69) is 4.98 Å². The molecule has 98 valence electrons. The molecule has 0 saturated heterocycles. The van der Waals surface area contributed by atoms with E-state index in [-0.39, 0.29) is 10.6 Å². The first-order valence-corrected chi connectivity index (χ1v) is 6.71. The summed E-state index contributed by atoms with van der Waals surface area (Å²) >= 11 is 0. The first-order valence-electron chi connectivity index (χ1n) is 5.39. The van der Waals surface area contributed by atoms with Gasteiger partial charge in [-0.05, 0) is 30.3 Å². The van der Waals surface area contributed by atoms with Crippen LogP contribution in [0.5, 0.6) is 0 Å². The molecule has 1 N–H and O–H groups in total. The quantitative estimate of drug-likeness (QED) is 0.932. The molecule has 1 unspecified atom stereocenters. The Hall–Kier alpha value is -2.08. The lowest BCUT2D eigenvalue weighted by atomic mass is 10.2. The average Bonchev–Trinajstić information content (AvgIpc) is 2.40. The summed E-state index contributed by atoms with van der Waals surface area (Å²) in [7, 11) is -1.46. The van der Waals surface area contributed by atoms with E-state index in [0.29, 0.717) is 5.69 Å². The largest absolute Gasteiger partial charge is 0.478 e. The number of halogens is 1. The van der Waals surface area contributed by atoms with Crippen LogP contribution >= 0.6 is 0 Å². The molecule has 2 rings (SSSR count). The number of carboxylic acid groups (broad SMARTS) is 1. The van der Waals surface area contributed by atoms with E-state index in [0.717, 1.165) is 12.1 Å². The van der Waals surface area contributed by atoms with Crippen LogP contribution in [-0.4, -0.2) is 20.3 Å². The highest BCUT2D eigenvalue weighted by atomic mass is 32.2. The molecule has 1 heterocycles. The van der Waals surface area contributed by atoms with E-state index < -0.39 is 28.1 Å². The Morgan fingerprint density at radius 1 is 1.32 bits per heavy atom. The summed E-state index contributed by atoms with van der Waals surface area (Å²) in [5.74, 6) is -2.06. The maximum atomic E-state index is 13.2. The zero-order valence-corrected chi connectivity index (χ0v) is 10.6. The standard InChI is InChI=1S/C13H10FNO3S/c14-12-5-4-10(7-11(12)13(16)17)19(18)8-9-3-1-2-6-15-9/h1-7H,8H2,(H,16,17). The molecule has 0 spiro atoms. The molecule has 0 radical (unpaired) electrons. The van der Waals surface area contributed by atoms with Crippen molar-refractivity contribution in [1.82, 2.24) is 4.98 Å². The fourth-order valence-corrected chi connectivity index (χ4v) is 2.59. The Labute approximate surface area is 111 Å². The van der Waals surface area contributed by atoms with Crippen LogP contribution in [0.15, 0.2) is 47.5 Å². The van der Waals surface area contributed by atoms with Crippen molar-refractivity contribution in [1.29, 1.82) is 0 Å². The van der Waals surface area contributed by atoms with Gasteiger partial charge in [0, 0.05) is 11.1 Å². The van der Waals surface area contributed by atoms with E-state index in [1.165, 1.54) is 6.07 Å². The Bertz CT molecular complexity index is 631. The maximum Gasteiger partial charge on any atom is 0.338 e. The fourth-order valence-electron chi connectivity index (χ4n) is 1.51. The van der Waals surface area contributed by atoms with E-state index >= 15 is 0 Å². The van der Waals surface area contributed by atoms with Crippen LogP contribution in [0.2, 0.25) is 0 Å².